The number of nitrogens with zero attached hydrogens (tertiary/aromatic N) is 1. The number of hydrazone groups is 1. The maximum atomic E-state index is 12.1. The molecule has 1 aromatic rings. The average molecular weight is 348 g/mol. The van der Waals surface area contributed by atoms with Gasteiger partial charge >= 0.3 is 11.8 Å². The molecule has 0 bridgehead atoms. The number of aliphatic hydroxyl groups is 1. The van der Waals surface area contributed by atoms with Crippen LogP contribution in [-0.2, 0) is 14.4 Å². The summed E-state index contributed by atoms with van der Waals surface area (Å²) in [4.78, 5) is 34.9. The van der Waals surface area contributed by atoms with Crippen molar-refractivity contribution >= 4 is 29.1 Å². The van der Waals surface area contributed by atoms with E-state index < -0.39 is 11.8 Å². The maximum absolute atomic E-state index is 12.1. The molecule has 136 valence electrons. The summed E-state index contributed by atoms with van der Waals surface area (Å²) in [6.07, 6.45) is -0.0225. The molecule has 0 radical (unpaired) electrons. The molecule has 0 atom stereocenters. The van der Waals surface area contributed by atoms with Crippen LogP contribution in [0.5, 0.6) is 0 Å². The van der Waals surface area contributed by atoms with Crippen LogP contribution in [0, 0.1) is 20.8 Å². The summed E-state index contributed by atoms with van der Waals surface area (Å²) in [7, 11) is 0. The van der Waals surface area contributed by atoms with E-state index in [4.69, 9.17) is 5.11 Å². The molecule has 0 saturated heterocycles. The van der Waals surface area contributed by atoms with Crippen LogP contribution in [0.25, 0.3) is 0 Å². The number of rotatable bonds is 6. The zero-order valence-electron chi connectivity index (χ0n) is 14.9. The molecule has 0 aliphatic heterocycles. The van der Waals surface area contributed by atoms with E-state index in [1.165, 1.54) is 0 Å². The minimum atomic E-state index is -0.960. The lowest BCUT2D eigenvalue weighted by Gasteiger charge is -2.12. The maximum Gasteiger partial charge on any atom is 0.329 e. The third kappa shape index (κ3) is 6.72. The fraction of sp³-hybridized carbons (Fsp3) is 0.412. The normalized spacial score (nSPS) is 11.0. The molecule has 0 aromatic heterocycles. The minimum Gasteiger partial charge on any atom is -0.395 e. The van der Waals surface area contributed by atoms with E-state index in [0.29, 0.717) is 5.71 Å². The Morgan fingerprint density at radius 2 is 1.68 bits per heavy atom. The van der Waals surface area contributed by atoms with Crippen molar-refractivity contribution in [1.82, 2.24) is 10.7 Å². The number of amides is 3. The first-order valence-corrected chi connectivity index (χ1v) is 7.84. The SMILES string of the molecule is CC(CC(=O)Nc1c(C)cc(C)cc1C)=NNC(=O)C(=O)NCCO. The Labute approximate surface area is 146 Å². The van der Waals surface area contributed by atoms with Gasteiger partial charge < -0.3 is 15.7 Å². The number of carbonyl (C=O) groups is 3. The van der Waals surface area contributed by atoms with Crippen LogP contribution in [0.4, 0.5) is 5.69 Å². The molecule has 0 fully saturated rings. The number of carbonyl (C=O) groups excluding carboxylic acids is 3. The van der Waals surface area contributed by atoms with Crippen molar-refractivity contribution < 1.29 is 19.5 Å². The first kappa shape index (κ1) is 20.3. The van der Waals surface area contributed by atoms with E-state index in [1.54, 1.807) is 6.92 Å². The van der Waals surface area contributed by atoms with E-state index >= 15 is 0 Å². The molecule has 1 aromatic carbocycles. The van der Waals surface area contributed by atoms with Gasteiger partial charge in [0, 0.05) is 17.9 Å². The van der Waals surface area contributed by atoms with Gasteiger partial charge in [-0.2, -0.15) is 5.10 Å². The average Bonchev–Trinajstić information content (AvgIpc) is 2.53. The Morgan fingerprint density at radius 3 is 2.24 bits per heavy atom. The molecule has 0 aliphatic carbocycles. The Bertz CT molecular complexity index is 675. The van der Waals surface area contributed by atoms with Crippen molar-refractivity contribution in [3.05, 3.63) is 28.8 Å². The molecule has 0 saturated carbocycles. The van der Waals surface area contributed by atoms with E-state index in [0.717, 1.165) is 22.4 Å². The Morgan fingerprint density at radius 1 is 1.08 bits per heavy atom. The summed E-state index contributed by atoms with van der Waals surface area (Å²) in [6, 6.07) is 3.96. The second-order valence-electron chi connectivity index (χ2n) is 5.77. The fourth-order valence-corrected chi connectivity index (χ4v) is 2.28. The summed E-state index contributed by atoms with van der Waals surface area (Å²) >= 11 is 0. The van der Waals surface area contributed by atoms with Gasteiger partial charge in [-0.1, -0.05) is 17.7 Å². The van der Waals surface area contributed by atoms with Gasteiger partial charge in [0.1, 0.15) is 0 Å². The fourth-order valence-electron chi connectivity index (χ4n) is 2.28. The highest BCUT2D eigenvalue weighted by molar-refractivity contribution is 6.35. The number of benzene rings is 1. The molecule has 8 nitrogen and oxygen atoms in total. The molecular formula is C17H24N4O4. The van der Waals surface area contributed by atoms with Crippen LogP contribution in [0.3, 0.4) is 0 Å². The van der Waals surface area contributed by atoms with Crippen molar-refractivity contribution in [2.45, 2.75) is 34.1 Å². The number of anilines is 1. The Balaban J connectivity index is 2.59. The topological polar surface area (TPSA) is 120 Å². The van der Waals surface area contributed by atoms with Gasteiger partial charge in [-0.3, -0.25) is 14.4 Å². The van der Waals surface area contributed by atoms with Crippen LogP contribution < -0.4 is 16.1 Å². The van der Waals surface area contributed by atoms with Gasteiger partial charge in [0.2, 0.25) is 5.91 Å². The van der Waals surface area contributed by atoms with E-state index in [1.807, 2.05) is 32.9 Å². The van der Waals surface area contributed by atoms with Gasteiger partial charge in [0.15, 0.2) is 0 Å². The molecule has 0 unspecified atom stereocenters. The standard InChI is InChI=1S/C17H24N4O4/c1-10-7-11(2)15(12(3)8-10)19-14(23)9-13(4)20-21-17(25)16(24)18-5-6-22/h7-8,22H,5-6,9H2,1-4H3,(H,18,24)(H,19,23)(H,21,25). The predicted molar refractivity (Wildman–Crippen MR) is 95.2 cm³/mol. The van der Waals surface area contributed by atoms with Crippen molar-refractivity contribution in [2.75, 3.05) is 18.5 Å². The summed E-state index contributed by atoms with van der Waals surface area (Å²) in [5.74, 6) is -2.13. The van der Waals surface area contributed by atoms with Crippen LogP contribution in [0.1, 0.15) is 30.0 Å². The number of nitrogens with one attached hydrogen (secondary N) is 3. The van der Waals surface area contributed by atoms with E-state index in [2.05, 4.69) is 21.2 Å². The second-order valence-corrected chi connectivity index (χ2v) is 5.77. The number of aryl methyl sites for hydroxylation is 3. The molecular weight excluding hydrogens is 324 g/mol. The van der Waals surface area contributed by atoms with Crippen LogP contribution >= 0.6 is 0 Å². The van der Waals surface area contributed by atoms with Crippen LogP contribution in [-0.4, -0.2) is 41.7 Å². The largest absolute Gasteiger partial charge is 0.395 e. The minimum absolute atomic E-state index is 0.0212. The number of hydrogen-bond donors (Lipinski definition) is 4. The third-order valence-electron chi connectivity index (χ3n) is 3.31. The summed E-state index contributed by atoms with van der Waals surface area (Å²) in [6.45, 7) is 7.11. The Kier molecular flexibility index (Phi) is 7.74. The molecule has 25 heavy (non-hydrogen) atoms. The van der Waals surface area contributed by atoms with E-state index in [-0.39, 0.29) is 25.5 Å². The highest BCUT2D eigenvalue weighted by atomic mass is 16.3. The lowest BCUT2D eigenvalue weighted by Crippen LogP contribution is -2.39. The zero-order valence-corrected chi connectivity index (χ0v) is 14.9. The van der Waals surface area contributed by atoms with Crippen LogP contribution in [0.15, 0.2) is 17.2 Å². The first-order valence-electron chi connectivity index (χ1n) is 7.84. The second kappa shape index (κ2) is 9.53. The predicted octanol–water partition coefficient (Wildman–Crippen LogP) is 0.541. The van der Waals surface area contributed by atoms with Crippen molar-refractivity contribution in [2.24, 2.45) is 5.10 Å². The highest BCUT2D eigenvalue weighted by Gasteiger charge is 2.13. The van der Waals surface area contributed by atoms with Gasteiger partial charge in [-0.15, -0.1) is 0 Å². The molecule has 0 heterocycles. The first-order chi connectivity index (χ1) is 11.7. The summed E-state index contributed by atoms with van der Waals surface area (Å²) < 4.78 is 0. The highest BCUT2D eigenvalue weighted by Crippen LogP contribution is 2.22. The molecule has 0 aliphatic rings. The molecule has 0 spiro atoms. The van der Waals surface area contributed by atoms with Crippen molar-refractivity contribution in [3.8, 4) is 0 Å². The molecule has 3 amide bonds. The molecule has 1 rings (SSSR count). The quantitative estimate of drug-likeness (QED) is 0.341. The van der Waals surface area contributed by atoms with Gasteiger partial charge in [-0.25, -0.2) is 5.43 Å². The zero-order chi connectivity index (χ0) is 19.0. The monoisotopic (exact) mass is 348 g/mol. The lowest BCUT2D eigenvalue weighted by molar-refractivity contribution is -0.139. The Hall–Kier alpha value is -2.74. The number of hydrogen-bond acceptors (Lipinski definition) is 5. The van der Waals surface area contributed by atoms with Crippen molar-refractivity contribution in [1.29, 1.82) is 0 Å². The summed E-state index contributed by atoms with van der Waals surface area (Å²) in [5.41, 5.74) is 6.23. The molecule has 4 N–H and O–H groups in total. The van der Waals surface area contributed by atoms with Gasteiger partial charge in [0.25, 0.3) is 0 Å². The third-order valence-corrected chi connectivity index (χ3v) is 3.31. The van der Waals surface area contributed by atoms with Crippen molar-refractivity contribution in [3.63, 3.8) is 0 Å². The smallest absolute Gasteiger partial charge is 0.329 e. The number of aliphatic hydroxyl groups excluding tert-OH is 1. The summed E-state index contributed by atoms with van der Waals surface area (Å²) in [5, 5.41) is 17.3. The van der Waals surface area contributed by atoms with Gasteiger partial charge in [-0.05, 0) is 38.8 Å². The molecule has 8 heteroatoms. The van der Waals surface area contributed by atoms with E-state index in [9.17, 15) is 14.4 Å². The van der Waals surface area contributed by atoms with Gasteiger partial charge in [0.05, 0.1) is 13.0 Å². The lowest BCUT2D eigenvalue weighted by atomic mass is 10.0. The van der Waals surface area contributed by atoms with Crippen LogP contribution in [0.2, 0.25) is 0 Å².